The van der Waals surface area contributed by atoms with Crippen molar-refractivity contribution in [2.45, 2.75) is 12.2 Å². The fourth-order valence-corrected chi connectivity index (χ4v) is 2.62. The third-order valence-corrected chi connectivity index (χ3v) is 3.99. The molecular weight excluding hydrogens is 282 g/mol. The van der Waals surface area contributed by atoms with E-state index in [9.17, 15) is 4.79 Å². The van der Waals surface area contributed by atoms with Crippen molar-refractivity contribution in [3.63, 3.8) is 0 Å². The molecule has 6 nitrogen and oxygen atoms in total. The molecule has 1 aromatic carbocycles. The lowest BCUT2D eigenvalue weighted by Crippen LogP contribution is -2.61. The number of rotatable bonds is 3. The van der Waals surface area contributed by atoms with Gasteiger partial charge in [-0.2, -0.15) is 5.26 Å². The summed E-state index contributed by atoms with van der Waals surface area (Å²) in [5.74, 6) is 0.774. The summed E-state index contributed by atoms with van der Waals surface area (Å²) < 4.78 is 11.3. The number of hydrogen-bond acceptors (Lipinski definition) is 5. The van der Waals surface area contributed by atoms with Gasteiger partial charge in [-0.3, -0.25) is 4.79 Å². The first kappa shape index (κ1) is 14.8. The molecule has 2 aliphatic rings. The van der Waals surface area contributed by atoms with E-state index in [0.29, 0.717) is 31.8 Å². The average Bonchev–Trinajstić information content (AvgIpc) is 2.50. The quantitative estimate of drug-likeness (QED) is 0.812. The number of likely N-dealkylation sites (tertiary alicyclic amines) is 1. The predicted octanol–water partition coefficient (Wildman–Crippen LogP) is 0.478. The molecule has 0 aliphatic carbocycles. The van der Waals surface area contributed by atoms with E-state index in [1.165, 1.54) is 0 Å². The van der Waals surface area contributed by atoms with E-state index in [2.05, 4.69) is 11.0 Å². The molecule has 1 aromatic rings. The summed E-state index contributed by atoms with van der Waals surface area (Å²) in [6, 6.07) is 9.08. The number of nitriles is 1. The minimum absolute atomic E-state index is 0.0122. The number of amides is 1. The Labute approximate surface area is 129 Å². The molecule has 2 aliphatic heterocycles. The number of carbonyl (C=O) groups is 1. The van der Waals surface area contributed by atoms with Crippen LogP contribution in [0.2, 0.25) is 0 Å². The van der Waals surface area contributed by atoms with Crippen molar-refractivity contribution >= 4 is 5.91 Å². The van der Waals surface area contributed by atoms with E-state index in [-0.39, 0.29) is 18.1 Å². The number of likely N-dealkylation sites (N-methyl/N-ethyl adjacent to an activating group) is 1. The van der Waals surface area contributed by atoms with Crippen LogP contribution in [0.5, 0.6) is 5.75 Å². The zero-order chi connectivity index (χ0) is 15.5. The summed E-state index contributed by atoms with van der Waals surface area (Å²) in [4.78, 5) is 16.2. The number of nitrogens with zero attached hydrogens (tertiary/aromatic N) is 3. The summed E-state index contributed by atoms with van der Waals surface area (Å²) in [6.07, 6.45) is -0.340. The predicted molar refractivity (Wildman–Crippen MR) is 79.4 cm³/mol. The molecule has 0 bridgehead atoms. The van der Waals surface area contributed by atoms with Gasteiger partial charge in [0.1, 0.15) is 18.0 Å². The Morgan fingerprint density at radius 2 is 2.05 bits per heavy atom. The number of ether oxygens (including phenoxy) is 2. The Kier molecular flexibility index (Phi) is 4.27. The van der Waals surface area contributed by atoms with E-state index in [0.717, 1.165) is 12.3 Å². The van der Waals surface area contributed by atoms with Crippen molar-refractivity contribution in [1.82, 2.24) is 9.80 Å². The molecule has 3 rings (SSSR count). The second-order valence-corrected chi connectivity index (χ2v) is 5.74. The van der Waals surface area contributed by atoms with E-state index >= 15 is 0 Å². The van der Waals surface area contributed by atoms with Gasteiger partial charge in [0.05, 0.1) is 31.3 Å². The van der Waals surface area contributed by atoms with Gasteiger partial charge in [-0.15, -0.1) is 0 Å². The normalized spacial score (nSPS) is 22.7. The van der Waals surface area contributed by atoms with E-state index in [1.54, 1.807) is 29.2 Å². The van der Waals surface area contributed by atoms with Gasteiger partial charge < -0.3 is 19.3 Å². The van der Waals surface area contributed by atoms with Crippen LogP contribution in [0.25, 0.3) is 0 Å². The molecule has 2 saturated heterocycles. The molecule has 0 spiro atoms. The molecule has 22 heavy (non-hydrogen) atoms. The molecule has 0 aromatic heterocycles. The van der Waals surface area contributed by atoms with Crippen molar-refractivity contribution in [3.05, 3.63) is 29.8 Å². The molecular formula is C16H19N3O3. The van der Waals surface area contributed by atoms with E-state index in [1.807, 2.05) is 7.05 Å². The van der Waals surface area contributed by atoms with Gasteiger partial charge in [0.15, 0.2) is 0 Å². The molecule has 116 valence electrons. The number of morpholine rings is 1. The maximum atomic E-state index is 12.3. The maximum absolute atomic E-state index is 12.3. The van der Waals surface area contributed by atoms with Crippen LogP contribution in [0.1, 0.15) is 5.56 Å². The molecule has 1 amide bonds. The number of hydrogen-bond donors (Lipinski definition) is 0. The van der Waals surface area contributed by atoms with Gasteiger partial charge in [0.2, 0.25) is 0 Å². The highest BCUT2D eigenvalue weighted by Crippen LogP contribution is 2.20. The monoisotopic (exact) mass is 301 g/mol. The van der Waals surface area contributed by atoms with Gasteiger partial charge in [-0.1, -0.05) is 0 Å². The van der Waals surface area contributed by atoms with Crippen LogP contribution in [-0.2, 0) is 9.53 Å². The third-order valence-electron chi connectivity index (χ3n) is 3.99. The molecule has 0 radical (unpaired) electrons. The molecule has 1 atom stereocenters. The first-order valence-electron chi connectivity index (χ1n) is 7.41. The largest absolute Gasteiger partial charge is 0.487 e. The smallest absolute Gasteiger partial charge is 0.253 e. The van der Waals surface area contributed by atoms with E-state index < -0.39 is 0 Å². The molecule has 1 unspecified atom stereocenters. The lowest BCUT2D eigenvalue weighted by Gasteiger charge is -2.41. The van der Waals surface area contributed by atoms with Crippen LogP contribution < -0.4 is 4.74 Å². The SMILES string of the molecule is CN1CCOC(C(=O)N2CC(Oc3ccc(C#N)cc3)C2)C1. The number of carbonyl (C=O) groups excluding carboxylic acids is 1. The van der Waals surface area contributed by atoms with Gasteiger partial charge in [-0.25, -0.2) is 0 Å². The molecule has 0 saturated carbocycles. The van der Waals surface area contributed by atoms with Crippen LogP contribution in [-0.4, -0.2) is 67.7 Å². The van der Waals surface area contributed by atoms with Crippen LogP contribution >= 0.6 is 0 Å². The highest BCUT2D eigenvalue weighted by molar-refractivity contribution is 5.82. The first-order valence-corrected chi connectivity index (χ1v) is 7.41. The van der Waals surface area contributed by atoms with Gasteiger partial charge in [0, 0.05) is 13.1 Å². The molecule has 0 N–H and O–H groups in total. The lowest BCUT2D eigenvalue weighted by molar-refractivity contribution is -0.157. The maximum Gasteiger partial charge on any atom is 0.253 e. The molecule has 2 fully saturated rings. The Morgan fingerprint density at radius 1 is 1.32 bits per heavy atom. The fourth-order valence-electron chi connectivity index (χ4n) is 2.62. The summed E-state index contributed by atoms with van der Waals surface area (Å²) in [5, 5.41) is 8.76. The second-order valence-electron chi connectivity index (χ2n) is 5.74. The van der Waals surface area contributed by atoms with Crippen LogP contribution in [0.3, 0.4) is 0 Å². The fraction of sp³-hybridized carbons (Fsp3) is 0.500. The summed E-state index contributed by atoms with van der Waals surface area (Å²) in [7, 11) is 2.00. The summed E-state index contributed by atoms with van der Waals surface area (Å²) in [5.41, 5.74) is 0.608. The average molecular weight is 301 g/mol. The lowest BCUT2D eigenvalue weighted by atomic mass is 10.1. The van der Waals surface area contributed by atoms with E-state index in [4.69, 9.17) is 14.7 Å². The van der Waals surface area contributed by atoms with Crippen molar-refractivity contribution < 1.29 is 14.3 Å². The van der Waals surface area contributed by atoms with Crippen molar-refractivity contribution in [1.29, 1.82) is 5.26 Å². The highest BCUT2D eigenvalue weighted by Gasteiger charge is 2.37. The van der Waals surface area contributed by atoms with Gasteiger partial charge in [0.25, 0.3) is 5.91 Å². The minimum Gasteiger partial charge on any atom is -0.487 e. The van der Waals surface area contributed by atoms with Crippen molar-refractivity contribution in [3.8, 4) is 11.8 Å². The second kappa shape index (κ2) is 6.34. The van der Waals surface area contributed by atoms with Gasteiger partial charge >= 0.3 is 0 Å². The topological polar surface area (TPSA) is 65.8 Å². The minimum atomic E-state index is -0.352. The zero-order valence-corrected chi connectivity index (χ0v) is 12.6. The van der Waals surface area contributed by atoms with Crippen LogP contribution in [0, 0.1) is 11.3 Å². The van der Waals surface area contributed by atoms with Crippen molar-refractivity contribution in [2.75, 3.05) is 39.8 Å². The Hall–Kier alpha value is -2.10. The highest BCUT2D eigenvalue weighted by atomic mass is 16.5. The number of benzene rings is 1. The zero-order valence-electron chi connectivity index (χ0n) is 12.6. The Morgan fingerprint density at radius 3 is 2.68 bits per heavy atom. The standard InChI is InChI=1S/C16H19N3O3/c1-18-6-7-21-15(11-18)16(20)19-9-14(10-19)22-13-4-2-12(8-17)3-5-13/h2-5,14-15H,6-7,9-11H2,1H3. The van der Waals surface area contributed by atoms with Gasteiger partial charge in [-0.05, 0) is 31.3 Å². The molecule has 2 heterocycles. The Bertz CT molecular complexity index is 575. The van der Waals surface area contributed by atoms with Crippen molar-refractivity contribution in [2.24, 2.45) is 0 Å². The summed E-state index contributed by atoms with van der Waals surface area (Å²) in [6.45, 7) is 3.29. The van der Waals surface area contributed by atoms with Crippen LogP contribution in [0.4, 0.5) is 0 Å². The molecule has 6 heteroatoms. The first-order chi connectivity index (χ1) is 10.7. The third kappa shape index (κ3) is 3.21. The Balaban J connectivity index is 1.47. The summed E-state index contributed by atoms with van der Waals surface area (Å²) >= 11 is 0. The van der Waals surface area contributed by atoms with Crippen LogP contribution in [0.15, 0.2) is 24.3 Å².